The SMILES string of the molecule is CC(C)CCCCC(=O)[O-].CC(C)CCCCC(=O)[O-].CC(C)CCCCC(=O)[O-].CCCCCC.[Nd+3]. The Hall–Kier alpha value is -0.239. The van der Waals surface area contributed by atoms with E-state index in [9.17, 15) is 29.7 Å². The van der Waals surface area contributed by atoms with Crippen LogP contribution in [0.3, 0.4) is 0 Å². The summed E-state index contributed by atoms with van der Waals surface area (Å²) < 4.78 is 0. The summed E-state index contributed by atoms with van der Waals surface area (Å²) in [6, 6.07) is 0. The molecule has 0 amide bonds. The Morgan fingerprint density at radius 3 is 0.811 bits per heavy atom. The second-order valence-electron chi connectivity index (χ2n) is 10.7. The van der Waals surface area contributed by atoms with Gasteiger partial charge in [-0.1, -0.05) is 120 Å². The van der Waals surface area contributed by atoms with E-state index in [1.54, 1.807) is 0 Å². The monoisotopic (exact) mass is 657 g/mol. The average molecular weight is 660 g/mol. The first-order valence-corrected chi connectivity index (χ1v) is 14.4. The van der Waals surface area contributed by atoms with Gasteiger partial charge < -0.3 is 29.7 Å². The minimum absolute atomic E-state index is 0. The maximum Gasteiger partial charge on any atom is 3.00 e. The summed E-state index contributed by atoms with van der Waals surface area (Å²) in [5.74, 6) is -0.735. The first-order chi connectivity index (χ1) is 16.8. The third-order valence-corrected chi connectivity index (χ3v) is 5.19. The molecule has 37 heavy (non-hydrogen) atoms. The zero-order chi connectivity index (χ0) is 28.8. The van der Waals surface area contributed by atoms with Crippen LogP contribution in [-0.2, 0) is 14.4 Å². The topological polar surface area (TPSA) is 120 Å². The van der Waals surface area contributed by atoms with Gasteiger partial charge in [-0.2, -0.15) is 0 Å². The van der Waals surface area contributed by atoms with Gasteiger partial charge >= 0.3 is 40.8 Å². The fraction of sp³-hybridized carbons (Fsp3) is 0.900. The van der Waals surface area contributed by atoms with E-state index in [-0.39, 0.29) is 60.1 Å². The van der Waals surface area contributed by atoms with Crippen LogP contribution in [0.15, 0.2) is 0 Å². The first kappa shape index (κ1) is 46.6. The van der Waals surface area contributed by atoms with Crippen LogP contribution in [0.25, 0.3) is 0 Å². The molecule has 0 aromatic carbocycles. The minimum Gasteiger partial charge on any atom is -0.550 e. The second-order valence-corrected chi connectivity index (χ2v) is 10.7. The van der Waals surface area contributed by atoms with E-state index >= 15 is 0 Å². The molecule has 0 spiro atoms. The van der Waals surface area contributed by atoms with Gasteiger partial charge in [0.15, 0.2) is 0 Å². The molecule has 0 saturated heterocycles. The van der Waals surface area contributed by atoms with Crippen LogP contribution in [0.2, 0.25) is 0 Å². The van der Waals surface area contributed by atoms with Crippen LogP contribution >= 0.6 is 0 Å². The Balaban J connectivity index is -0.000000124. The molecule has 0 saturated carbocycles. The molecule has 0 aliphatic carbocycles. The summed E-state index contributed by atoms with van der Waals surface area (Å²) in [5.41, 5.74) is 0. The molecule has 0 aliphatic rings. The molecule has 0 rings (SSSR count). The Bertz CT molecular complexity index is 413. The number of carbonyl (C=O) groups is 3. The van der Waals surface area contributed by atoms with Gasteiger partial charge in [-0.3, -0.25) is 0 Å². The van der Waals surface area contributed by atoms with Crippen molar-refractivity contribution >= 4 is 17.9 Å². The van der Waals surface area contributed by atoms with Crippen molar-refractivity contribution in [2.24, 2.45) is 17.8 Å². The fourth-order valence-electron chi connectivity index (χ4n) is 2.97. The smallest absolute Gasteiger partial charge is 0.550 e. The van der Waals surface area contributed by atoms with Gasteiger partial charge in [0.05, 0.1) is 0 Å². The molecular formula is C30H59NdO6. The molecule has 7 heteroatoms. The van der Waals surface area contributed by atoms with Gasteiger partial charge in [0.2, 0.25) is 0 Å². The van der Waals surface area contributed by atoms with E-state index in [1.807, 2.05) is 0 Å². The maximum atomic E-state index is 9.93. The van der Waals surface area contributed by atoms with Crippen molar-refractivity contribution in [3.63, 3.8) is 0 Å². The number of carbonyl (C=O) groups excluding carboxylic acids is 3. The molecule has 0 atom stereocenters. The molecule has 6 nitrogen and oxygen atoms in total. The average Bonchev–Trinajstić information content (AvgIpc) is 2.76. The largest absolute Gasteiger partial charge is 3.00 e. The van der Waals surface area contributed by atoms with Crippen LogP contribution in [0.1, 0.15) is 158 Å². The van der Waals surface area contributed by atoms with E-state index in [2.05, 4.69) is 55.4 Å². The van der Waals surface area contributed by atoms with Crippen molar-refractivity contribution in [2.75, 3.05) is 0 Å². The van der Waals surface area contributed by atoms with Crippen LogP contribution < -0.4 is 15.3 Å². The zero-order valence-corrected chi connectivity index (χ0v) is 28.7. The number of aliphatic carboxylic acids is 3. The summed E-state index contributed by atoms with van der Waals surface area (Å²) in [6.45, 7) is 17.3. The molecule has 0 aromatic heterocycles. The quantitative estimate of drug-likeness (QED) is 0.181. The normalized spacial score (nSPS) is 9.81. The van der Waals surface area contributed by atoms with Crippen LogP contribution in [0.4, 0.5) is 0 Å². The zero-order valence-electron chi connectivity index (χ0n) is 25.5. The summed E-state index contributed by atoms with van der Waals surface area (Å²) in [7, 11) is 0. The predicted molar refractivity (Wildman–Crippen MR) is 145 cm³/mol. The molecule has 0 aromatic rings. The third-order valence-electron chi connectivity index (χ3n) is 5.19. The van der Waals surface area contributed by atoms with Crippen molar-refractivity contribution < 1.29 is 70.5 Å². The number of hydrogen-bond donors (Lipinski definition) is 0. The van der Waals surface area contributed by atoms with E-state index in [1.165, 1.54) is 25.7 Å². The Labute approximate surface area is 262 Å². The molecule has 0 aliphatic heterocycles. The van der Waals surface area contributed by atoms with E-state index in [4.69, 9.17) is 0 Å². The number of rotatable bonds is 18. The van der Waals surface area contributed by atoms with Crippen molar-refractivity contribution in [2.45, 2.75) is 158 Å². The number of carboxylic acids is 3. The van der Waals surface area contributed by atoms with Gasteiger partial charge in [-0.25, -0.2) is 0 Å². The van der Waals surface area contributed by atoms with Crippen LogP contribution in [-0.4, -0.2) is 17.9 Å². The number of carboxylic acid groups (broad SMARTS) is 3. The molecule has 0 unspecified atom stereocenters. The van der Waals surface area contributed by atoms with Gasteiger partial charge in [0.25, 0.3) is 0 Å². The maximum absolute atomic E-state index is 9.93. The predicted octanol–water partition coefficient (Wildman–Crippen LogP) is 5.44. The molecule has 0 N–H and O–H groups in total. The Morgan fingerprint density at radius 2 is 0.676 bits per heavy atom. The van der Waals surface area contributed by atoms with Gasteiger partial charge in [-0.15, -0.1) is 0 Å². The summed E-state index contributed by atoms with van der Waals surface area (Å²) in [5, 5.41) is 29.8. The molecular weight excluding hydrogens is 601 g/mol. The van der Waals surface area contributed by atoms with Gasteiger partial charge in [0, 0.05) is 17.9 Å². The molecule has 0 bridgehead atoms. The molecule has 219 valence electrons. The van der Waals surface area contributed by atoms with Crippen molar-refractivity contribution in [1.29, 1.82) is 0 Å². The molecule has 0 fully saturated rings. The van der Waals surface area contributed by atoms with Crippen LogP contribution in [0.5, 0.6) is 0 Å². The van der Waals surface area contributed by atoms with Gasteiger partial charge in [0.1, 0.15) is 0 Å². The summed E-state index contributed by atoms with van der Waals surface area (Å²) >= 11 is 0. The van der Waals surface area contributed by atoms with Gasteiger partial charge in [-0.05, 0) is 56.3 Å². The minimum atomic E-state index is -0.927. The summed E-state index contributed by atoms with van der Waals surface area (Å²) in [6.07, 6.45) is 14.8. The Kier molecular flexibility index (Phi) is 47.7. The van der Waals surface area contributed by atoms with Crippen molar-refractivity contribution in [3.8, 4) is 0 Å². The van der Waals surface area contributed by atoms with Crippen molar-refractivity contribution in [3.05, 3.63) is 0 Å². The van der Waals surface area contributed by atoms with E-state index < -0.39 is 17.9 Å². The standard InChI is InChI=1S/3C8H16O2.C6H14.Nd/c3*1-7(2)5-3-4-6-8(9)10;1-3-5-6-4-2;/h3*7H,3-6H2,1-2H3,(H,9,10);3-6H2,1-2H3;/q;;;;+3/p-3. The van der Waals surface area contributed by atoms with E-state index in [0.717, 1.165) is 57.8 Å². The molecule has 1 radical (unpaired) electrons. The molecule has 0 heterocycles. The fourth-order valence-corrected chi connectivity index (χ4v) is 2.97. The van der Waals surface area contributed by atoms with Crippen molar-refractivity contribution in [1.82, 2.24) is 0 Å². The number of unbranched alkanes of at least 4 members (excludes halogenated alkanes) is 6. The Morgan fingerprint density at radius 1 is 0.459 bits per heavy atom. The third kappa shape index (κ3) is 72.2. The first-order valence-electron chi connectivity index (χ1n) is 14.4. The van der Waals surface area contributed by atoms with Crippen LogP contribution in [0, 0.1) is 58.6 Å². The summed E-state index contributed by atoms with van der Waals surface area (Å²) in [4.78, 5) is 29.8. The number of hydrogen-bond acceptors (Lipinski definition) is 6. The second kappa shape index (κ2) is 37.9. The van der Waals surface area contributed by atoms with E-state index in [0.29, 0.717) is 17.8 Å².